The van der Waals surface area contributed by atoms with Gasteiger partial charge in [0.1, 0.15) is 24.4 Å². The average molecular weight is 755 g/mol. The number of fused-ring (bicyclic) bond motifs is 1. The molecule has 5 amide bonds. The summed E-state index contributed by atoms with van der Waals surface area (Å²) in [5.41, 5.74) is 2.27. The van der Waals surface area contributed by atoms with Gasteiger partial charge in [-0.1, -0.05) is 66.7 Å². The zero-order valence-corrected chi connectivity index (χ0v) is 32.3. The number of hydrogen-bond donors (Lipinski definition) is 4. The van der Waals surface area contributed by atoms with Gasteiger partial charge in [0.05, 0.1) is 24.8 Å². The van der Waals surface area contributed by atoms with Crippen LogP contribution in [0.25, 0.3) is 0 Å². The Labute approximate surface area is 323 Å². The molecule has 0 unspecified atom stereocenters. The number of nitrogens with zero attached hydrogens (tertiary/aromatic N) is 2. The van der Waals surface area contributed by atoms with E-state index in [0.29, 0.717) is 6.42 Å². The van der Waals surface area contributed by atoms with Gasteiger partial charge in [0.25, 0.3) is 5.91 Å². The molecule has 294 valence electrons. The normalized spacial score (nSPS) is 22.0. The lowest BCUT2D eigenvalue weighted by Gasteiger charge is -2.31. The van der Waals surface area contributed by atoms with Gasteiger partial charge in [-0.3, -0.25) is 28.9 Å². The number of carbonyl (C=O) groups excluding carboxylic acids is 5. The number of hydrogen-bond acceptors (Lipinski definition) is 8. The maximum Gasteiger partial charge on any atom is 0.255 e. The number of para-hydroxylation sites is 1. The standard InChI is InChI=1S/C42H54N6O7/c1-29-41(53)47(4)33(24-30-10-6-5-7-11-30)28-55-36-13-9-8-12-34(36)39(51)45-35(18-19-37(49)46-42(2,3)25-38(50)44-29)40(52)43-26-31-14-16-32(17-15-31)27-48-20-22-54-23-21-48/h5-17,29,33,35H,18-28H2,1-4H3,(H,43,52)(H,44,50)(H,45,51)(H,46,49)/t29-,33-,35-/m0/s1. The van der Waals surface area contributed by atoms with Gasteiger partial charge in [-0.05, 0) is 62.4 Å². The highest BCUT2D eigenvalue weighted by atomic mass is 16.5. The van der Waals surface area contributed by atoms with Gasteiger partial charge < -0.3 is 35.6 Å². The Morgan fingerprint density at radius 3 is 2.25 bits per heavy atom. The van der Waals surface area contributed by atoms with Crippen LogP contribution in [0.4, 0.5) is 0 Å². The monoisotopic (exact) mass is 754 g/mol. The quantitative estimate of drug-likeness (QED) is 0.287. The Hall–Kier alpha value is -5.27. The van der Waals surface area contributed by atoms with Crippen molar-refractivity contribution >= 4 is 29.5 Å². The lowest BCUT2D eigenvalue weighted by molar-refractivity contribution is -0.137. The summed E-state index contributed by atoms with van der Waals surface area (Å²) >= 11 is 0. The van der Waals surface area contributed by atoms with E-state index in [-0.39, 0.29) is 49.6 Å². The maximum absolute atomic E-state index is 13.9. The molecular formula is C42H54N6O7. The summed E-state index contributed by atoms with van der Waals surface area (Å²) in [6.07, 6.45) is 0.273. The summed E-state index contributed by atoms with van der Waals surface area (Å²) in [6, 6.07) is 22.0. The second kappa shape index (κ2) is 19.4. The molecule has 1 fully saturated rings. The third-order valence-electron chi connectivity index (χ3n) is 9.88. The first-order valence-corrected chi connectivity index (χ1v) is 19.0. The number of likely N-dealkylation sites (N-methyl/N-ethyl adjacent to an activating group) is 1. The van der Waals surface area contributed by atoms with Gasteiger partial charge in [0.2, 0.25) is 23.6 Å². The molecule has 0 spiro atoms. The number of amides is 5. The minimum atomic E-state index is -1.06. The molecule has 0 aliphatic carbocycles. The Balaban J connectivity index is 1.35. The van der Waals surface area contributed by atoms with Crippen LogP contribution in [0, 0.1) is 0 Å². The van der Waals surface area contributed by atoms with Gasteiger partial charge in [-0.25, -0.2) is 0 Å². The summed E-state index contributed by atoms with van der Waals surface area (Å²) in [5.74, 6) is -1.83. The summed E-state index contributed by atoms with van der Waals surface area (Å²) in [5, 5.41) is 11.4. The first kappa shape index (κ1) is 40.9. The van der Waals surface area contributed by atoms with Crippen molar-refractivity contribution in [3.05, 3.63) is 101 Å². The highest BCUT2D eigenvalue weighted by molar-refractivity contribution is 5.99. The highest BCUT2D eigenvalue weighted by Crippen LogP contribution is 2.21. The molecular weight excluding hydrogens is 700 g/mol. The van der Waals surface area contributed by atoms with Crippen molar-refractivity contribution in [3.8, 4) is 5.75 Å². The minimum Gasteiger partial charge on any atom is -0.491 e. The van der Waals surface area contributed by atoms with E-state index in [1.807, 2.05) is 54.6 Å². The molecule has 3 aromatic carbocycles. The van der Waals surface area contributed by atoms with Crippen molar-refractivity contribution in [2.45, 2.75) is 83.2 Å². The predicted octanol–water partition coefficient (Wildman–Crippen LogP) is 2.97. The summed E-state index contributed by atoms with van der Waals surface area (Å²) in [6.45, 7) is 9.38. The molecule has 13 heteroatoms. The van der Waals surface area contributed by atoms with Crippen LogP contribution in [0.15, 0.2) is 78.9 Å². The third kappa shape index (κ3) is 12.4. The molecule has 2 aliphatic rings. The van der Waals surface area contributed by atoms with Crippen molar-refractivity contribution in [2.75, 3.05) is 40.0 Å². The molecule has 0 radical (unpaired) electrons. The van der Waals surface area contributed by atoms with Crippen LogP contribution in [-0.4, -0.2) is 103 Å². The third-order valence-corrected chi connectivity index (χ3v) is 9.88. The van der Waals surface area contributed by atoms with Crippen molar-refractivity contribution in [2.24, 2.45) is 0 Å². The predicted molar refractivity (Wildman–Crippen MR) is 208 cm³/mol. The number of rotatable bonds is 7. The Morgan fingerprint density at radius 2 is 1.53 bits per heavy atom. The maximum atomic E-state index is 13.9. The van der Waals surface area contributed by atoms with Gasteiger partial charge in [-0.2, -0.15) is 0 Å². The van der Waals surface area contributed by atoms with Crippen LogP contribution in [0.5, 0.6) is 5.75 Å². The van der Waals surface area contributed by atoms with E-state index in [1.165, 1.54) is 0 Å². The summed E-state index contributed by atoms with van der Waals surface area (Å²) < 4.78 is 11.7. The minimum absolute atomic E-state index is 0.00265. The molecule has 0 bridgehead atoms. The molecule has 0 aromatic heterocycles. The number of carbonyl (C=O) groups is 5. The number of morpholine rings is 1. The molecule has 4 N–H and O–H groups in total. The van der Waals surface area contributed by atoms with E-state index in [0.717, 1.165) is 49.5 Å². The van der Waals surface area contributed by atoms with E-state index < -0.39 is 47.3 Å². The summed E-state index contributed by atoms with van der Waals surface area (Å²) in [4.78, 5) is 71.5. The Morgan fingerprint density at radius 1 is 0.855 bits per heavy atom. The second-order valence-electron chi connectivity index (χ2n) is 15.0. The highest BCUT2D eigenvalue weighted by Gasteiger charge is 2.31. The Kier molecular flexibility index (Phi) is 14.4. The van der Waals surface area contributed by atoms with Crippen LogP contribution < -0.4 is 26.0 Å². The van der Waals surface area contributed by atoms with Crippen molar-refractivity contribution in [1.82, 2.24) is 31.1 Å². The molecule has 5 rings (SSSR count). The lowest BCUT2D eigenvalue weighted by Crippen LogP contribution is -2.53. The van der Waals surface area contributed by atoms with Crippen LogP contribution in [0.2, 0.25) is 0 Å². The van der Waals surface area contributed by atoms with Gasteiger partial charge in [-0.15, -0.1) is 0 Å². The van der Waals surface area contributed by atoms with Crippen LogP contribution >= 0.6 is 0 Å². The smallest absolute Gasteiger partial charge is 0.255 e. The SMILES string of the molecule is C[C@@H]1NC(=O)CC(C)(C)NC(=O)CC[C@@H](C(=O)NCc2ccc(CN3CCOCC3)cc2)NC(=O)c2ccccc2OC[C@H](Cc2ccccc2)N(C)C1=O. The van der Waals surface area contributed by atoms with Crippen molar-refractivity contribution in [1.29, 1.82) is 0 Å². The Bertz CT molecular complexity index is 1780. The largest absolute Gasteiger partial charge is 0.491 e. The average Bonchev–Trinajstić information content (AvgIpc) is 3.17. The van der Waals surface area contributed by atoms with Gasteiger partial charge in [0, 0.05) is 51.6 Å². The van der Waals surface area contributed by atoms with Crippen molar-refractivity contribution in [3.63, 3.8) is 0 Å². The molecule has 2 heterocycles. The second-order valence-corrected chi connectivity index (χ2v) is 15.0. The van der Waals surface area contributed by atoms with Crippen LogP contribution in [0.3, 0.4) is 0 Å². The first-order valence-electron chi connectivity index (χ1n) is 19.0. The number of nitrogens with one attached hydrogen (secondary N) is 4. The van der Waals surface area contributed by atoms with Crippen molar-refractivity contribution < 1.29 is 33.4 Å². The molecule has 3 aromatic rings. The van der Waals surface area contributed by atoms with E-state index in [4.69, 9.17) is 9.47 Å². The zero-order valence-electron chi connectivity index (χ0n) is 32.3. The fourth-order valence-electron chi connectivity index (χ4n) is 6.76. The topological polar surface area (TPSA) is 158 Å². The first-order chi connectivity index (χ1) is 26.4. The van der Waals surface area contributed by atoms with E-state index in [1.54, 1.807) is 57.0 Å². The van der Waals surface area contributed by atoms with E-state index >= 15 is 0 Å². The number of benzene rings is 3. The van der Waals surface area contributed by atoms with Crippen LogP contribution in [-0.2, 0) is 43.4 Å². The van der Waals surface area contributed by atoms with E-state index in [9.17, 15) is 24.0 Å². The molecule has 3 atom stereocenters. The van der Waals surface area contributed by atoms with Gasteiger partial charge in [0.15, 0.2) is 0 Å². The fourth-order valence-corrected chi connectivity index (χ4v) is 6.76. The molecule has 55 heavy (non-hydrogen) atoms. The lowest BCUT2D eigenvalue weighted by atomic mass is 9.99. The molecule has 13 nitrogen and oxygen atoms in total. The number of ether oxygens (including phenoxy) is 2. The molecule has 2 aliphatic heterocycles. The molecule has 0 saturated carbocycles. The van der Waals surface area contributed by atoms with E-state index in [2.05, 4.69) is 26.2 Å². The van der Waals surface area contributed by atoms with Gasteiger partial charge >= 0.3 is 0 Å². The van der Waals surface area contributed by atoms with Crippen LogP contribution in [0.1, 0.15) is 67.1 Å². The zero-order chi connectivity index (χ0) is 39.4. The summed E-state index contributed by atoms with van der Waals surface area (Å²) in [7, 11) is 1.66. The fraction of sp³-hybridized carbons (Fsp3) is 0.452. The molecule has 1 saturated heterocycles.